The van der Waals surface area contributed by atoms with Gasteiger partial charge in [-0.05, 0) is 36.8 Å². The van der Waals surface area contributed by atoms with Crippen LogP contribution >= 0.6 is 0 Å². The third-order valence-electron chi connectivity index (χ3n) is 5.30. The first-order chi connectivity index (χ1) is 13.0. The number of carbonyl (C=O) groups is 1. The molecule has 7 nitrogen and oxygen atoms in total. The largest absolute Gasteiger partial charge is 0.382 e. The molecule has 2 unspecified atom stereocenters. The summed E-state index contributed by atoms with van der Waals surface area (Å²) in [6.07, 6.45) is 5.32. The van der Waals surface area contributed by atoms with Crippen LogP contribution in [0.4, 0.5) is 5.82 Å². The number of aromatic nitrogens is 4. The highest BCUT2D eigenvalue weighted by atomic mass is 16.1. The van der Waals surface area contributed by atoms with Crippen molar-refractivity contribution in [2.75, 3.05) is 5.73 Å². The number of benzene rings is 1. The summed E-state index contributed by atoms with van der Waals surface area (Å²) in [5, 5.41) is 3.23. The third kappa shape index (κ3) is 3.37. The fourth-order valence-corrected chi connectivity index (χ4v) is 3.90. The van der Waals surface area contributed by atoms with Crippen LogP contribution < -0.4 is 11.1 Å². The third-order valence-corrected chi connectivity index (χ3v) is 5.30. The Hall–Kier alpha value is -2.96. The SMILES string of the molecule is Cc1ccc2c(c1)C(NC(=O)CCCn1cnc3c(N)ncnc31)C(C)C2. The number of nitrogens with two attached hydrogens (primary N) is 1. The zero-order chi connectivity index (χ0) is 19.0. The summed E-state index contributed by atoms with van der Waals surface area (Å²) >= 11 is 0. The molecule has 7 heteroatoms. The molecule has 2 aromatic heterocycles. The van der Waals surface area contributed by atoms with Crippen molar-refractivity contribution in [1.82, 2.24) is 24.8 Å². The smallest absolute Gasteiger partial charge is 0.220 e. The maximum absolute atomic E-state index is 12.5. The van der Waals surface area contributed by atoms with Crippen molar-refractivity contribution in [2.45, 2.75) is 45.7 Å². The van der Waals surface area contributed by atoms with Crippen LogP contribution in [0.3, 0.4) is 0 Å². The zero-order valence-electron chi connectivity index (χ0n) is 15.6. The summed E-state index contributed by atoms with van der Waals surface area (Å²) in [6.45, 7) is 4.95. The Morgan fingerprint density at radius 1 is 1.33 bits per heavy atom. The van der Waals surface area contributed by atoms with E-state index in [-0.39, 0.29) is 11.9 Å². The minimum Gasteiger partial charge on any atom is -0.382 e. The molecule has 0 fully saturated rings. The Balaban J connectivity index is 1.36. The van der Waals surface area contributed by atoms with Crippen LogP contribution in [0.15, 0.2) is 30.9 Å². The number of amides is 1. The first kappa shape index (κ1) is 17.5. The molecule has 0 radical (unpaired) electrons. The second kappa shape index (κ2) is 6.98. The van der Waals surface area contributed by atoms with Gasteiger partial charge in [0.25, 0.3) is 0 Å². The Kier molecular flexibility index (Phi) is 4.51. The Morgan fingerprint density at radius 2 is 2.19 bits per heavy atom. The van der Waals surface area contributed by atoms with E-state index in [1.807, 2.05) is 4.57 Å². The molecule has 2 heterocycles. The van der Waals surface area contributed by atoms with Crippen LogP contribution in [0.25, 0.3) is 11.2 Å². The molecule has 3 N–H and O–H groups in total. The highest BCUT2D eigenvalue weighted by molar-refractivity contribution is 5.81. The highest BCUT2D eigenvalue weighted by Crippen LogP contribution is 2.36. The van der Waals surface area contributed by atoms with Crippen molar-refractivity contribution in [1.29, 1.82) is 0 Å². The summed E-state index contributed by atoms with van der Waals surface area (Å²) in [6, 6.07) is 6.63. The van der Waals surface area contributed by atoms with Gasteiger partial charge in [-0.3, -0.25) is 4.79 Å². The van der Waals surface area contributed by atoms with Crippen molar-refractivity contribution < 1.29 is 4.79 Å². The van der Waals surface area contributed by atoms with Gasteiger partial charge in [-0.1, -0.05) is 30.7 Å². The molecule has 0 saturated carbocycles. The van der Waals surface area contributed by atoms with Crippen molar-refractivity contribution in [3.8, 4) is 0 Å². The Morgan fingerprint density at radius 3 is 3.04 bits per heavy atom. The van der Waals surface area contributed by atoms with Gasteiger partial charge < -0.3 is 15.6 Å². The number of carbonyl (C=O) groups excluding carboxylic acids is 1. The first-order valence-corrected chi connectivity index (χ1v) is 9.33. The minimum atomic E-state index is 0.0831. The lowest BCUT2D eigenvalue weighted by Crippen LogP contribution is -2.30. The lowest BCUT2D eigenvalue weighted by atomic mass is 10.0. The summed E-state index contributed by atoms with van der Waals surface area (Å²) in [5.74, 6) is 0.878. The quantitative estimate of drug-likeness (QED) is 0.725. The van der Waals surface area contributed by atoms with Gasteiger partial charge >= 0.3 is 0 Å². The fraction of sp³-hybridized carbons (Fsp3) is 0.400. The summed E-state index contributed by atoms with van der Waals surface area (Å²) in [4.78, 5) is 24.9. The second-order valence-electron chi connectivity index (χ2n) is 7.40. The van der Waals surface area contributed by atoms with E-state index in [2.05, 4.69) is 52.3 Å². The van der Waals surface area contributed by atoms with E-state index in [1.165, 1.54) is 23.0 Å². The number of nitrogen functional groups attached to an aromatic ring is 1. The second-order valence-corrected chi connectivity index (χ2v) is 7.40. The lowest BCUT2D eigenvalue weighted by Gasteiger charge is -2.19. The molecule has 1 aliphatic rings. The van der Waals surface area contributed by atoms with Gasteiger partial charge in [-0.2, -0.15) is 0 Å². The zero-order valence-corrected chi connectivity index (χ0v) is 15.6. The van der Waals surface area contributed by atoms with Gasteiger partial charge in [0.05, 0.1) is 12.4 Å². The molecule has 3 aromatic rings. The number of hydrogen-bond donors (Lipinski definition) is 2. The predicted molar refractivity (Wildman–Crippen MR) is 104 cm³/mol. The molecule has 27 heavy (non-hydrogen) atoms. The number of nitrogens with one attached hydrogen (secondary N) is 1. The average molecular weight is 364 g/mol. The molecule has 0 aliphatic heterocycles. The van der Waals surface area contributed by atoms with Gasteiger partial charge in [0.2, 0.25) is 5.91 Å². The van der Waals surface area contributed by atoms with Crippen LogP contribution in [0, 0.1) is 12.8 Å². The molecule has 4 rings (SSSR count). The van der Waals surface area contributed by atoms with Crippen LogP contribution in [-0.2, 0) is 17.8 Å². The van der Waals surface area contributed by atoms with Crippen LogP contribution in [0.2, 0.25) is 0 Å². The number of hydrogen-bond acceptors (Lipinski definition) is 5. The number of fused-ring (bicyclic) bond motifs is 2. The molecule has 0 spiro atoms. The number of anilines is 1. The van der Waals surface area contributed by atoms with Crippen LogP contribution in [0.5, 0.6) is 0 Å². The van der Waals surface area contributed by atoms with Crippen molar-refractivity contribution in [2.24, 2.45) is 5.92 Å². The van der Waals surface area contributed by atoms with Gasteiger partial charge in [0.1, 0.15) is 11.8 Å². The molecule has 2 atom stereocenters. The number of aryl methyl sites for hydroxylation is 2. The topological polar surface area (TPSA) is 98.7 Å². The van der Waals surface area contributed by atoms with Gasteiger partial charge in [-0.25, -0.2) is 15.0 Å². The lowest BCUT2D eigenvalue weighted by molar-refractivity contribution is -0.122. The summed E-state index contributed by atoms with van der Waals surface area (Å²) in [7, 11) is 0. The maximum atomic E-state index is 12.5. The van der Waals surface area contributed by atoms with E-state index in [4.69, 9.17) is 5.73 Å². The van der Waals surface area contributed by atoms with E-state index in [9.17, 15) is 4.79 Å². The molecule has 0 saturated heterocycles. The number of rotatable bonds is 5. The monoisotopic (exact) mass is 364 g/mol. The predicted octanol–water partition coefficient (Wildman–Crippen LogP) is 2.55. The maximum Gasteiger partial charge on any atom is 0.220 e. The fourth-order valence-electron chi connectivity index (χ4n) is 3.90. The standard InChI is InChI=1S/C20H24N6O/c1-12-5-6-14-9-13(2)17(15(14)8-12)25-16(27)4-3-7-26-11-24-18-19(21)22-10-23-20(18)26/h5-6,8,10-11,13,17H,3-4,7,9H2,1-2H3,(H,25,27)(H2,21,22,23). The van der Waals surface area contributed by atoms with Crippen molar-refractivity contribution in [3.05, 3.63) is 47.5 Å². The minimum absolute atomic E-state index is 0.0831. The Bertz CT molecular complexity index is 995. The number of nitrogens with zero attached hydrogens (tertiary/aromatic N) is 4. The highest BCUT2D eigenvalue weighted by Gasteiger charge is 2.30. The van der Waals surface area contributed by atoms with E-state index < -0.39 is 0 Å². The molecule has 1 aromatic carbocycles. The first-order valence-electron chi connectivity index (χ1n) is 9.33. The van der Waals surface area contributed by atoms with Crippen molar-refractivity contribution in [3.63, 3.8) is 0 Å². The number of imidazole rings is 1. The van der Waals surface area contributed by atoms with Gasteiger partial charge in [0, 0.05) is 13.0 Å². The molecule has 0 bridgehead atoms. The van der Waals surface area contributed by atoms with Crippen molar-refractivity contribution >= 4 is 22.9 Å². The normalized spacial score (nSPS) is 18.6. The van der Waals surface area contributed by atoms with Gasteiger partial charge in [-0.15, -0.1) is 0 Å². The molecule has 1 amide bonds. The molecular formula is C20H24N6O. The Labute approximate surface area is 158 Å². The average Bonchev–Trinajstić information content (AvgIpc) is 3.18. The van der Waals surface area contributed by atoms with E-state index in [0.717, 1.165) is 6.42 Å². The van der Waals surface area contributed by atoms with Crippen LogP contribution in [-0.4, -0.2) is 25.4 Å². The molecule has 1 aliphatic carbocycles. The van der Waals surface area contributed by atoms with E-state index >= 15 is 0 Å². The van der Waals surface area contributed by atoms with E-state index in [1.54, 1.807) is 6.33 Å². The summed E-state index contributed by atoms with van der Waals surface area (Å²) < 4.78 is 1.91. The molecular weight excluding hydrogens is 340 g/mol. The van der Waals surface area contributed by atoms with Gasteiger partial charge in [0.15, 0.2) is 11.5 Å². The van der Waals surface area contributed by atoms with E-state index in [0.29, 0.717) is 42.3 Å². The molecule has 140 valence electrons. The summed E-state index contributed by atoms with van der Waals surface area (Å²) in [5.41, 5.74) is 11.0. The van der Waals surface area contributed by atoms with Crippen LogP contribution in [0.1, 0.15) is 42.5 Å².